The molecule has 0 aliphatic heterocycles. The van der Waals surface area contributed by atoms with E-state index < -0.39 is 0 Å². The number of rotatable bonds is 2. The van der Waals surface area contributed by atoms with E-state index in [9.17, 15) is 4.79 Å². The number of aldehydes is 1. The first-order chi connectivity index (χ1) is 10.0. The lowest BCUT2D eigenvalue weighted by molar-refractivity contribution is 0.112. The van der Waals surface area contributed by atoms with Crippen molar-refractivity contribution >= 4 is 52.0 Å². The minimum Gasteiger partial charge on any atom is -0.354 e. The van der Waals surface area contributed by atoms with Crippen LogP contribution in [-0.2, 0) is 0 Å². The highest BCUT2D eigenvalue weighted by atomic mass is 35.5. The number of nitrogens with one attached hydrogen (secondary N) is 1. The molecule has 0 saturated heterocycles. The molecule has 0 aliphatic carbocycles. The van der Waals surface area contributed by atoms with Crippen molar-refractivity contribution in [3.63, 3.8) is 0 Å². The van der Waals surface area contributed by atoms with Gasteiger partial charge in [-0.3, -0.25) is 4.79 Å². The second-order valence-corrected chi connectivity index (χ2v) is 6.02. The molecule has 1 aromatic heterocycles. The van der Waals surface area contributed by atoms with Crippen LogP contribution in [0, 0.1) is 6.92 Å². The fourth-order valence-electron chi connectivity index (χ4n) is 2.44. The van der Waals surface area contributed by atoms with Crippen LogP contribution in [0.3, 0.4) is 0 Å². The number of aryl methyl sites for hydroxylation is 1. The summed E-state index contributed by atoms with van der Waals surface area (Å²) in [5.41, 5.74) is 3.63. The Labute approximate surface area is 136 Å². The number of carbonyl (C=O) groups excluding carboxylic acids is 1. The van der Waals surface area contributed by atoms with E-state index in [0.29, 0.717) is 37.3 Å². The molecule has 106 valence electrons. The molecule has 0 fully saturated rings. The Morgan fingerprint density at radius 1 is 1.05 bits per heavy atom. The first-order valence-electron chi connectivity index (χ1n) is 6.24. The van der Waals surface area contributed by atoms with Crippen molar-refractivity contribution < 1.29 is 4.79 Å². The summed E-state index contributed by atoms with van der Waals surface area (Å²) in [4.78, 5) is 14.8. The number of aromatic nitrogens is 1. The Hall–Kier alpha value is -1.48. The lowest BCUT2D eigenvalue weighted by Gasteiger charge is -2.04. The van der Waals surface area contributed by atoms with Crippen molar-refractivity contribution in [1.29, 1.82) is 0 Å². The van der Waals surface area contributed by atoms with Gasteiger partial charge < -0.3 is 4.98 Å². The molecule has 0 unspecified atom stereocenters. The van der Waals surface area contributed by atoms with Crippen LogP contribution in [0.1, 0.15) is 15.9 Å². The van der Waals surface area contributed by atoms with Gasteiger partial charge in [0.15, 0.2) is 6.29 Å². The minimum atomic E-state index is 0.489. The van der Waals surface area contributed by atoms with E-state index in [-0.39, 0.29) is 0 Å². The normalized spacial score (nSPS) is 11.0. The molecular weight excluding hydrogens is 329 g/mol. The van der Waals surface area contributed by atoms with Gasteiger partial charge in [0.05, 0.1) is 21.3 Å². The maximum Gasteiger partial charge on any atom is 0.152 e. The standard InChI is InChI=1S/C16H10Cl3NO/c1-8-2-4-13(19)14-11(7-21)16(20-15(8)14)10-6-9(17)3-5-12(10)18/h2-7,20H,1H3. The summed E-state index contributed by atoms with van der Waals surface area (Å²) in [5, 5.41) is 2.30. The average Bonchev–Trinajstić information content (AvgIpc) is 2.86. The van der Waals surface area contributed by atoms with Crippen molar-refractivity contribution in [3.8, 4) is 11.3 Å². The Morgan fingerprint density at radius 3 is 2.48 bits per heavy atom. The summed E-state index contributed by atoms with van der Waals surface area (Å²) in [5.74, 6) is 0. The third-order valence-corrected chi connectivity index (χ3v) is 4.35. The molecule has 0 bridgehead atoms. The Kier molecular flexibility index (Phi) is 3.70. The van der Waals surface area contributed by atoms with E-state index >= 15 is 0 Å². The van der Waals surface area contributed by atoms with Gasteiger partial charge in [0.2, 0.25) is 0 Å². The van der Waals surface area contributed by atoms with Crippen molar-refractivity contribution in [3.05, 3.63) is 56.5 Å². The molecule has 1 heterocycles. The molecule has 0 spiro atoms. The maximum atomic E-state index is 11.6. The van der Waals surface area contributed by atoms with Crippen LogP contribution < -0.4 is 0 Å². The van der Waals surface area contributed by atoms with Gasteiger partial charge in [-0.2, -0.15) is 0 Å². The molecule has 0 amide bonds. The summed E-state index contributed by atoms with van der Waals surface area (Å²) < 4.78 is 0. The van der Waals surface area contributed by atoms with Crippen LogP contribution in [0.15, 0.2) is 30.3 Å². The Balaban J connectivity index is 2.43. The molecule has 3 rings (SSSR count). The monoisotopic (exact) mass is 337 g/mol. The topological polar surface area (TPSA) is 32.9 Å². The van der Waals surface area contributed by atoms with Gasteiger partial charge in [-0.25, -0.2) is 0 Å². The zero-order chi connectivity index (χ0) is 15.1. The molecule has 2 aromatic carbocycles. The summed E-state index contributed by atoms with van der Waals surface area (Å²) >= 11 is 18.5. The second kappa shape index (κ2) is 5.38. The van der Waals surface area contributed by atoms with Crippen molar-refractivity contribution in [1.82, 2.24) is 4.98 Å². The molecule has 0 aliphatic rings. The fraction of sp³-hybridized carbons (Fsp3) is 0.0625. The number of benzene rings is 2. The molecule has 5 heteroatoms. The van der Waals surface area contributed by atoms with Crippen LogP contribution in [0.5, 0.6) is 0 Å². The van der Waals surface area contributed by atoms with Crippen molar-refractivity contribution in [2.45, 2.75) is 6.92 Å². The highest BCUT2D eigenvalue weighted by molar-refractivity contribution is 6.38. The first kappa shape index (κ1) is 14.5. The first-order valence-corrected chi connectivity index (χ1v) is 7.37. The van der Waals surface area contributed by atoms with Gasteiger partial charge in [-0.1, -0.05) is 40.9 Å². The zero-order valence-corrected chi connectivity index (χ0v) is 13.3. The van der Waals surface area contributed by atoms with Crippen molar-refractivity contribution in [2.75, 3.05) is 0 Å². The van der Waals surface area contributed by atoms with Gasteiger partial charge in [0.1, 0.15) is 0 Å². The predicted octanol–water partition coefficient (Wildman–Crippen LogP) is 5.92. The number of H-pyrrole nitrogens is 1. The molecule has 21 heavy (non-hydrogen) atoms. The van der Waals surface area contributed by atoms with Gasteiger partial charge in [-0.05, 0) is 36.8 Å². The van der Waals surface area contributed by atoms with Gasteiger partial charge in [0, 0.05) is 21.5 Å². The molecule has 3 aromatic rings. The number of fused-ring (bicyclic) bond motifs is 1. The average molecular weight is 339 g/mol. The van der Waals surface area contributed by atoms with Crippen LogP contribution in [-0.4, -0.2) is 11.3 Å². The molecule has 0 radical (unpaired) electrons. The van der Waals surface area contributed by atoms with Crippen LogP contribution >= 0.6 is 34.8 Å². The van der Waals surface area contributed by atoms with Gasteiger partial charge in [0.25, 0.3) is 0 Å². The smallest absolute Gasteiger partial charge is 0.152 e. The lowest BCUT2D eigenvalue weighted by Crippen LogP contribution is -1.86. The van der Waals surface area contributed by atoms with Crippen LogP contribution in [0.4, 0.5) is 0 Å². The summed E-state index contributed by atoms with van der Waals surface area (Å²) in [7, 11) is 0. The maximum absolute atomic E-state index is 11.6. The zero-order valence-electron chi connectivity index (χ0n) is 11.0. The SMILES string of the molecule is Cc1ccc(Cl)c2c(C=O)c(-c3cc(Cl)ccc3Cl)[nH]c12. The summed E-state index contributed by atoms with van der Waals surface area (Å²) in [6, 6.07) is 8.82. The highest BCUT2D eigenvalue weighted by Gasteiger charge is 2.18. The number of aromatic amines is 1. The van der Waals surface area contributed by atoms with E-state index in [0.717, 1.165) is 17.4 Å². The van der Waals surface area contributed by atoms with Crippen molar-refractivity contribution in [2.24, 2.45) is 0 Å². The number of carbonyl (C=O) groups is 1. The summed E-state index contributed by atoms with van der Waals surface area (Å²) in [6.45, 7) is 1.95. The number of hydrogen-bond donors (Lipinski definition) is 1. The molecule has 1 N–H and O–H groups in total. The van der Waals surface area contributed by atoms with Crippen LogP contribution in [0.25, 0.3) is 22.2 Å². The third-order valence-electron chi connectivity index (χ3n) is 3.47. The summed E-state index contributed by atoms with van der Waals surface area (Å²) in [6.07, 6.45) is 0.788. The van der Waals surface area contributed by atoms with Gasteiger partial charge >= 0.3 is 0 Å². The van der Waals surface area contributed by atoms with E-state index in [4.69, 9.17) is 34.8 Å². The predicted molar refractivity (Wildman–Crippen MR) is 88.9 cm³/mol. The van der Waals surface area contributed by atoms with Gasteiger partial charge in [-0.15, -0.1) is 0 Å². The molecule has 0 saturated carbocycles. The number of halogens is 3. The van der Waals surface area contributed by atoms with E-state index in [1.165, 1.54) is 0 Å². The highest BCUT2D eigenvalue weighted by Crippen LogP contribution is 2.38. The van der Waals surface area contributed by atoms with E-state index in [1.807, 2.05) is 13.0 Å². The quantitative estimate of drug-likeness (QED) is 0.578. The van der Waals surface area contributed by atoms with E-state index in [2.05, 4.69) is 4.98 Å². The third kappa shape index (κ3) is 2.34. The molecule has 2 nitrogen and oxygen atoms in total. The minimum absolute atomic E-state index is 0.489. The molecular formula is C16H10Cl3NO. The van der Waals surface area contributed by atoms with E-state index in [1.54, 1.807) is 24.3 Å². The Morgan fingerprint density at radius 2 is 1.76 bits per heavy atom. The Bertz CT molecular complexity index is 868. The van der Waals surface area contributed by atoms with Crippen LogP contribution in [0.2, 0.25) is 15.1 Å². The largest absolute Gasteiger partial charge is 0.354 e. The number of hydrogen-bond acceptors (Lipinski definition) is 1. The fourth-order valence-corrected chi connectivity index (χ4v) is 3.09. The lowest BCUT2D eigenvalue weighted by atomic mass is 10.1. The molecule has 0 atom stereocenters. The second-order valence-electron chi connectivity index (χ2n) is 4.77.